The predicted octanol–water partition coefficient (Wildman–Crippen LogP) is 2.63. The van der Waals surface area contributed by atoms with E-state index in [1.165, 1.54) is 0 Å². The Hall–Kier alpha value is -1.47. The second-order valence-electron chi connectivity index (χ2n) is 10.6. The molecule has 0 N–H and O–H groups in total. The molecule has 0 aliphatic rings. The molecule has 0 radical (unpaired) electrons. The van der Waals surface area contributed by atoms with Crippen molar-refractivity contribution in [3.63, 3.8) is 0 Å². The molecule has 0 aromatic heterocycles. The van der Waals surface area contributed by atoms with E-state index >= 15 is 0 Å². The van der Waals surface area contributed by atoms with Crippen molar-refractivity contribution < 1.29 is 61.9 Å². The standard InChI is InChI=1S/C29H48O13S5/c1-2-3-22(30)37-16-28(17-38-23(31)4-9-43,18-39-24(32)5-10-44)14-36-15-29(19-40-25(33)6-11-45,20-41-26(34)7-12-46)21-42-27(35)8-13-47/h43-47H,2-21H2,1H3. The lowest BCUT2D eigenvalue weighted by atomic mass is 9.90. The lowest BCUT2D eigenvalue weighted by molar-refractivity contribution is -0.174. The van der Waals surface area contributed by atoms with E-state index in [-0.39, 0.29) is 120 Å². The molecule has 0 rings (SSSR count). The van der Waals surface area contributed by atoms with E-state index in [4.69, 9.17) is 33.2 Å². The Morgan fingerprint density at radius 2 is 0.596 bits per heavy atom. The third-order valence-electron chi connectivity index (χ3n) is 6.09. The molecular formula is C29H48O13S5. The van der Waals surface area contributed by atoms with Gasteiger partial charge >= 0.3 is 35.8 Å². The first kappa shape index (κ1) is 45.5. The van der Waals surface area contributed by atoms with Crippen molar-refractivity contribution in [2.24, 2.45) is 10.8 Å². The van der Waals surface area contributed by atoms with Gasteiger partial charge in [-0.3, -0.25) is 28.8 Å². The van der Waals surface area contributed by atoms with Crippen molar-refractivity contribution in [1.82, 2.24) is 0 Å². The molecule has 272 valence electrons. The van der Waals surface area contributed by atoms with Gasteiger partial charge in [0.25, 0.3) is 0 Å². The molecule has 18 heteroatoms. The molecule has 0 saturated heterocycles. The zero-order valence-electron chi connectivity index (χ0n) is 26.7. The Kier molecular flexibility index (Phi) is 26.5. The first-order valence-electron chi connectivity index (χ1n) is 15.0. The number of ether oxygens (including phenoxy) is 7. The topological polar surface area (TPSA) is 167 Å². The number of carbonyl (C=O) groups excluding carboxylic acids is 6. The van der Waals surface area contributed by atoms with Crippen LogP contribution in [0.1, 0.15) is 51.9 Å². The minimum atomic E-state index is -1.40. The highest BCUT2D eigenvalue weighted by Crippen LogP contribution is 2.27. The maximum Gasteiger partial charge on any atom is 0.306 e. The van der Waals surface area contributed by atoms with Gasteiger partial charge in [0.15, 0.2) is 0 Å². The van der Waals surface area contributed by atoms with Crippen LogP contribution >= 0.6 is 63.1 Å². The van der Waals surface area contributed by atoms with Crippen molar-refractivity contribution in [2.45, 2.75) is 51.9 Å². The highest BCUT2D eigenvalue weighted by molar-refractivity contribution is 7.80. The molecule has 0 heterocycles. The molecule has 0 aromatic rings. The summed E-state index contributed by atoms with van der Waals surface area (Å²) in [7, 11) is 0. The molecular weight excluding hydrogens is 717 g/mol. The Balaban J connectivity index is 6.45. The van der Waals surface area contributed by atoms with E-state index in [0.29, 0.717) is 6.42 Å². The number of thiol groups is 5. The molecule has 0 saturated carbocycles. The van der Waals surface area contributed by atoms with Gasteiger partial charge < -0.3 is 33.2 Å². The maximum absolute atomic E-state index is 12.4. The SMILES string of the molecule is CCCC(=O)OCC(COCC(COC(=O)CCS)(COC(=O)CCS)COC(=O)CCS)(COC(=O)CCS)COC(=O)CCS. The minimum Gasteiger partial charge on any atom is -0.465 e. The number of hydrogen-bond acceptors (Lipinski definition) is 18. The molecule has 0 aliphatic heterocycles. The fourth-order valence-corrected chi connectivity index (χ4v) is 4.39. The molecule has 0 bridgehead atoms. The van der Waals surface area contributed by atoms with Gasteiger partial charge in [0.05, 0.1) is 56.1 Å². The lowest BCUT2D eigenvalue weighted by Gasteiger charge is -2.35. The van der Waals surface area contributed by atoms with Crippen LogP contribution in [0, 0.1) is 10.8 Å². The second-order valence-corrected chi connectivity index (χ2v) is 12.8. The van der Waals surface area contributed by atoms with E-state index in [0.717, 1.165) is 0 Å². The van der Waals surface area contributed by atoms with E-state index in [1.54, 1.807) is 6.92 Å². The van der Waals surface area contributed by atoms with Crippen LogP contribution in [-0.2, 0) is 61.9 Å². The monoisotopic (exact) mass is 764 g/mol. The molecule has 0 unspecified atom stereocenters. The third kappa shape index (κ3) is 22.0. The molecule has 0 aliphatic carbocycles. The van der Waals surface area contributed by atoms with Gasteiger partial charge in [-0.15, -0.1) is 0 Å². The van der Waals surface area contributed by atoms with Gasteiger partial charge in [-0.25, -0.2) is 0 Å². The predicted molar refractivity (Wildman–Crippen MR) is 189 cm³/mol. The van der Waals surface area contributed by atoms with Gasteiger partial charge in [0, 0.05) is 35.2 Å². The van der Waals surface area contributed by atoms with Crippen molar-refractivity contribution >= 4 is 99.0 Å². The average molecular weight is 765 g/mol. The minimum absolute atomic E-state index is 0.00875. The third-order valence-corrected chi connectivity index (χ3v) is 7.20. The molecule has 13 nitrogen and oxygen atoms in total. The Morgan fingerprint density at radius 1 is 0.383 bits per heavy atom. The van der Waals surface area contributed by atoms with Crippen LogP contribution in [0.3, 0.4) is 0 Å². The van der Waals surface area contributed by atoms with Crippen molar-refractivity contribution in [1.29, 1.82) is 0 Å². The summed E-state index contributed by atoms with van der Waals surface area (Å²) in [6.45, 7) is -1.09. The quantitative estimate of drug-likeness (QED) is 0.0449. The second kappa shape index (κ2) is 27.4. The van der Waals surface area contributed by atoms with Gasteiger partial charge in [-0.2, -0.15) is 63.1 Å². The fourth-order valence-electron chi connectivity index (χ4n) is 3.48. The summed E-state index contributed by atoms with van der Waals surface area (Å²) in [6.07, 6.45) is 0.576. The summed E-state index contributed by atoms with van der Waals surface area (Å²) in [4.78, 5) is 73.9. The van der Waals surface area contributed by atoms with E-state index in [2.05, 4.69) is 63.1 Å². The Bertz CT molecular complexity index is 783. The largest absolute Gasteiger partial charge is 0.465 e. The van der Waals surface area contributed by atoms with Gasteiger partial charge in [-0.05, 0) is 6.42 Å². The summed E-state index contributed by atoms with van der Waals surface area (Å²) in [5, 5.41) is 0. The summed E-state index contributed by atoms with van der Waals surface area (Å²) in [5.74, 6) is -2.43. The molecule has 0 fully saturated rings. The lowest BCUT2D eigenvalue weighted by Crippen LogP contribution is -2.47. The Morgan fingerprint density at radius 3 is 0.787 bits per heavy atom. The summed E-state index contributed by atoms with van der Waals surface area (Å²) < 4.78 is 38.7. The van der Waals surface area contributed by atoms with Crippen LogP contribution < -0.4 is 0 Å². The van der Waals surface area contributed by atoms with E-state index in [9.17, 15) is 28.8 Å². The summed E-state index contributed by atoms with van der Waals surface area (Å²) >= 11 is 20.2. The zero-order valence-corrected chi connectivity index (χ0v) is 31.2. The first-order chi connectivity index (χ1) is 22.4. The Labute approximate surface area is 303 Å². The summed E-state index contributed by atoms with van der Waals surface area (Å²) in [5.41, 5.74) is -2.79. The number of esters is 6. The van der Waals surface area contributed by atoms with Gasteiger partial charge in [0.2, 0.25) is 0 Å². The first-order valence-corrected chi connectivity index (χ1v) is 18.2. The van der Waals surface area contributed by atoms with E-state index < -0.39 is 46.6 Å². The molecule has 0 atom stereocenters. The highest BCUT2D eigenvalue weighted by atomic mass is 32.1. The number of carbonyl (C=O) groups is 6. The van der Waals surface area contributed by atoms with Crippen molar-refractivity contribution in [2.75, 3.05) is 81.6 Å². The molecule has 0 spiro atoms. The maximum atomic E-state index is 12.4. The highest BCUT2D eigenvalue weighted by Gasteiger charge is 2.40. The van der Waals surface area contributed by atoms with Gasteiger partial charge in [0.1, 0.15) is 39.6 Å². The van der Waals surface area contributed by atoms with Crippen LogP contribution in [0.4, 0.5) is 0 Å². The van der Waals surface area contributed by atoms with Crippen LogP contribution in [0.15, 0.2) is 0 Å². The van der Waals surface area contributed by atoms with Crippen LogP contribution in [0.25, 0.3) is 0 Å². The van der Waals surface area contributed by atoms with Crippen LogP contribution in [0.2, 0.25) is 0 Å². The van der Waals surface area contributed by atoms with Crippen molar-refractivity contribution in [3.05, 3.63) is 0 Å². The smallest absolute Gasteiger partial charge is 0.306 e. The normalized spacial score (nSPS) is 11.4. The van der Waals surface area contributed by atoms with E-state index in [1.807, 2.05) is 0 Å². The van der Waals surface area contributed by atoms with Crippen LogP contribution in [-0.4, -0.2) is 117 Å². The summed E-state index contributed by atoms with van der Waals surface area (Å²) in [6, 6.07) is 0. The number of rotatable bonds is 28. The average Bonchev–Trinajstić information content (AvgIpc) is 3.03. The molecule has 0 amide bonds. The van der Waals surface area contributed by atoms with Gasteiger partial charge in [-0.1, -0.05) is 6.92 Å². The van der Waals surface area contributed by atoms with Crippen LogP contribution in [0.5, 0.6) is 0 Å². The zero-order chi connectivity index (χ0) is 35.6. The van der Waals surface area contributed by atoms with Crippen molar-refractivity contribution in [3.8, 4) is 0 Å². The molecule has 0 aromatic carbocycles. The number of hydrogen-bond donors (Lipinski definition) is 5. The fraction of sp³-hybridized carbons (Fsp3) is 0.793. The molecule has 47 heavy (non-hydrogen) atoms.